The highest BCUT2D eigenvalue weighted by molar-refractivity contribution is 5.93. The zero-order valence-electron chi connectivity index (χ0n) is 11.6. The highest BCUT2D eigenvalue weighted by Gasteiger charge is 2.13. The Morgan fingerprint density at radius 2 is 1.65 bits per heavy atom. The van der Waals surface area contributed by atoms with Crippen molar-refractivity contribution in [1.82, 2.24) is 5.43 Å². The summed E-state index contributed by atoms with van der Waals surface area (Å²) in [5, 5.41) is 0. The summed E-state index contributed by atoms with van der Waals surface area (Å²) in [5.41, 5.74) is 2.62. The summed E-state index contributed by atoms with van der Waals surface area (Å²) >= 11 is 0. The molecule has 1 aliphatic rings. The fourth-order valence-electron chi connectivity index (χ4n) is 1.87. The third kappa shape index (κ3) is 7.56. The molecule has 1 rings (SSSR count). The number of ketones is 3. The molecule has 0 unspecified atom stereocenters. The molecular formula is C14H21N2O4+. The Balaban J connectivity index is 2.50. The van der Waals surface area contributed by atoms with Crippen molar-refractivity contribution in [2.45, 2.75) is 44.9 Å². The Morgan fingerprint density at radius 1 is 0.950 bits per heavy atom. The molecule has 110 valence electrons. The number of carbonyl (C=O) groups excluding carboxylic acids is 3. The minimum Gasteiger partial charge on any atom is -0.300 e. The molecule has 6 heteroatoms. The first-order chi connectivity index (χ1) is 9.58. The van der Waals surface area contributed by atoms with E-state index in [1.54, 1.807) is 6.08 Å². The van der Waals surface area contributed by atoms with Crippen LogP contribution >= 0.6 is 0 Å². The SMILES string of the molecule is O=C1/C=C/CCN[N+](=O)CCC(=O)CCCC(=O)CC1. The standard InChI is InChI=1S/C14H21N2O4/c17-12-4-1-2-10-15-16(20)11-9-14(19)6-3-5-13(18)8-7-12/h1,4H,2-3,5-11H2,(H,15,20)/q+1/b4-1+. The van der Waals surface area contributed by atoms with Crippen LogP contribution in [0.4, 0.5) is 0 Å². The molecule has 6 nitrogen and oxygen atoms in total. The van der Waals surface area contributed by atoms with Gasteiger partial charge in [0.15, 0.2) is 5.78 Å². The Hall–Kier alpha value is -1.85. The lowest BCUT2D eigenvalue weighted by molar-refractivity contribution is -0.606. The number of Topliss-reactive ketones (excluding diaryl/α,β-unsaturated/α-hetero) is 2. The van der Waals surface area contributed by atoms with E-state index < -0.39 is 0 Å². The fourth-order valence-corrected chi connectivity index (χ4v) is 1.87. The van der Waals surface area contributed by atoms with Crippen LogP contribution in [0.15, 0.2) is 12.2 Å². The van der Waals surface area contributed by atoms with Crippen LogP contribution in [0, 0.1) is 4.91 Å². The van der Waals surface area contributed by atoms with Crippen molar-refractivity contribution < 1.29 is 19.3 Å². The van der Waals surface area contributed by atoms with Crippen molar-refractivity contribution in [1.29, 1.82) is 0 Å². The maximum atomic E-state index is 11.5. The van der Waals surface area contributed by atoms with Crippen molar-refractivity contribution in [3.8, 4) is 0 Å². The molecule has 0 aliphatic carbocycles. The van der Waals surface area contributed by atoms with Gasteiger partial charge in [0.05, 0.1) is 17.9 Å². The number of nitrogens with one attached hydrogen (secondary N) is 1. The molecule has 20 heavy (non-hydrogen) atoms. The summed E-state index contributed by atoms with van der Waals surface area (Å²) in [6.07, 6.45) is 5.47. The van der Waals surface area contributed by atoms with Crippen molar-refractivity contribution in [2.75, 3.05) is 13.1 Å². The Kier molecular flexibility index (Phi) is 7.39. The highest BCUT2D eigenvalue weighted by Crippen LogP contribution is 2.05. The summed E-state index contributed by atoms with van der Waals surface area (Å²) in [6, 6.07) is 0. The van der Waals surface area contributed by atoms with E-state index in [2.05, 4.69) is 5.43 Å². The molecule has 0 aromatic rings. The summed E-state index contributed by atoms with van der Waals surface area (Å²) in [7, 11) is 0. The normalized spacial score (nSPS) is 22.4. The van der Waals surface area contributed by atoms with Crippen LogP contribution in [0.3, 0.4) is 0 Å². The van der Waals surface area contributed by atoms with E-state index in [4.69, 9.17) is 0 Å². The molecule has 1 heterocycles. The number of carbonyl (C=O) groups is 3. The van der Waals surface area contributed by atoms with Crippen molar-refractivity contribution in [2.24, 2.45) is 0 Å². The molecule has 1 N–H and O–H groups in total. The highest BCUT2D eigenvalue weighted by atomic mass is 16.3. The summed E-state index contributed by atoms with van der Waals surface area (Å²) in [4.78, 5) is 46.5. The van der Waals surface area contributed by atoms with Crippen LogP contribution in [0.25, 0.3) is 0 Å². The molecule has 0 radical (unpaired) electrons. The third-order valence-electron chi connectivity index (χ3n) is 3.06. The van der Waals surface area contributed by atoms with Crippen molar-refractivity contribution in [3.63, 3.8) is 0 Å². The molecule has 0 amide bonds. The smallest absolute Gasteiger partial charge is 0.232 e. The van der Waals surface area contributed by atoms with Crippen molar-refractivity contribution >= 4 is 17.3 Å². The van der Waals surface area contributed by atoms with E-state index in [1.165, 1.54) is 6.08 Å². The summed E-state index contributed by atoms with van der Waals surface area (Å²) in [5.74, 6) is -0.0808. The van der Waals surface area contributed by atoms with Gasteiger partial charge in [-0.1, -0.05) is 6.08 Å². The molecule has 0 fully saturated rings. The summed E-state index contributed by atoms with van der Waals surface area (Å²) in [6.45, 7) is 0.524. The van der Waals surface area contributed by atoms with Crippen LogP contribution in [0.1, 0.15) is 44.9 Å². The lowest BCUT2D eigenvalue weighted by atomic mass is 10.0. The van der Waals surface area contributed by atoms with Gasteiger partial charge in [0.25, 0.3) is 0 Å². The molecule has 1 aliphatic heterocycles. The fraction of sp³-hybridized carbons (Fsp3) is 0.643. The Bertz CT molecular complexity index is 415. The molecule has 0 aromatic carbocycles. The van der Waals surface area contributed by atoms with Gasteiger partial charge in [0, 0.05) is 25.7 Å². The molecule has 0 saturated heterocycles. The van der Waals surface area contributed by atoms with E-state index >= 15 is 0 Å². The number of rotatable bonds is 0. The predicted octanol–water partition coefficient (Wildman–Crippen LogP) is 1.28. The van der Waals surface area contributed by atoms with Gasteiger partial charge >= 0.3 is 0 Å². The summed E-state index contributed by atoms with van der Waals surface area (Å²) < 4.78 is 0. The van der Waals surface area contributed by atoms with Gasteiger partial charge in [-0.3, -0.25) is 14.4 Å². The first-order valence-corrected chi connectivity index (χ1v) is 6.99. The van der Waals surface area contributed by atoms with Gasteiger partial charge in [-0.25, -0.2) is 0 Å². The quantitative estimate of drug-likeness (QED) is 0.676. The van der Waals surface area contributed by atoms with Crippen LogP contribution in [0.2, 0.25) is 0 Å². The maximum Gasteiger partial charge on any atom is 0.232 e. The Labute approximate surface area is 118 Å². The third-order valence-corrected chi connectivity index (χ3v) is 3.06. The van der Waals surface area contributed by atoms with Gasteiger partial charge in [-0.05, 0) is 18.9 Å². The lowest BCUT2D eigenvalue weighted by Gasteiger charge is -2.01. The largest absolute Gasteiger partial charge is 0.300 e. The molecule has 0 bridgehead atoms. The maximum absolute atomic E-state index is 11.5. The van der Waals surface area contributed by atoms with Gasteiger partial charge in [-0.2, -0.15) is 5.43 Å². The second-order valence-electron chi connectivity index (χ2n) is 4.85. The number of hydrogen-bond donors (Lipinski definition) is 1. The average molecular weight is 281 g/mol. The predicted molar refractivity (Wildman–Crippen MR) is 73.0 cm³/mol. The first-order valence-electron chi connectivity index (χ1n) is 6.99. The second kappa shape index (κ2) is 9.12. The van der Waals surface area contributed by atoms with Crippen molar-refractivity contribution in [3.05, 3.63) is 17.1 Å². The molecule has 0 spiro atoms. The molecule has 0 atom stereocenters. The molecular weight excluding hydrogens is 260 g/mol. The lowest BCUT2D eigenvalue weighted by Crippen LogP contribution is -2.29. The van der Waals surface area contributed by atoms with Crippen LogP contribution in [-0.4, -0.2) is 35.3 Å². The monoisotopic (exact) mass is 281 g/mol. The average Bonchev–Trinajstić information content (AvgIpc) is 2.41. The second-order valence-corrected chi connectivity index (χ2v) is 4.85. The Morgan fingerprint density at radius 3 is 2.40 bits per heavy atom. The minimum absolute atomic E-state index is 0.0106. The van der Waals surface area contributed by atoms with E-state index in [9.17, 15) is 19.3 Å². The van der Waals surface area contributed by atoms with Crippen LogP contribution in [0.5, 0.6) is 0 Å². The number of nitrogens with zero attached hydrogens (tertiary/aromatic N) is 1. The van der Waals surface area contributed by atoms with E-state index in [0.29, 0.717) is 37.1 Å². The van der Waals surface area contributed by atoms with Gasteiger partial charge < -0.3 is 0 Å². The van der Waals surface area contributed by atoms with E-state index in [1.807, 2.05) is 0 Å². The number of allylic oxidation sites excluding steroid dienone is 1. The van der Waals surface area contributed by atoms with Gasteiger partial charge in [0.2, 0.25) is 6.54 Å². The van der Waals surface area contributed by atoms with Gasteiger partial charge in [0.1, 0.15) is 16.4 Å². The zero-order chi connectivity index (χ0) is 14.8. The number of hydrazine groups is 1. The number of hydrogen-bond acceptors (Lipinski definition) is 4. The molecule has 0 saturated carbocycles. The number of nitroso groups, excluding NO2 is 1. The van der Waals surface area contributed by atoms with Crippen LogP contribution < -0.4 is 5.43 Å². The molecule has 0 aromatic heterocycles. The topological polar surface area (TPSA) is 83.3 Å². The van der Waals surface area contributed by atoms with Gasteiger partial charge in [-0.15, -0.1) is 0 Å². The first kappa shape index (κ1) is 16.2. The van der Waals surface area contributed by atoms with Crippen LogP contribution in [-0.2, 0) is 14.4 Å². The minimum atomic E-state index is -0.0829. The van der Waals surface area contributed by atoms with E-state index in [-0.39, 0.29) is 43.2 Å². The zero-order valence-corrected chi connectivity index (χ0v) is 11.6. The van der Waals surface area contributed by atoms with E-state index in [0.717, 1.165) is 0 Å².